The predicted octanol–water partition coefficient (Wildman–Crippen LogP) is 2.31. The van der Waals surface area contributed by atoms with Crippen LogP contribution in [-0.4, -0.2) is 27.2 Å². The Morgan fingerprint density at radius 2 is 1.69 bits per heavy atom. The number of aliphatic carboxylic acids is 1. The van der Waals surface area contributed by atoms with Crippen molar-refractivity contribution in [1.29, 1.82) is 0 Å². The van der Waals surface area contributed by atoms with Gasteiger partial charge in [-0.25, -0.2) is 9.59 Å². The van der Waals surface area contributed by atoms with Crippen LogP contribution in [0.15, 0.2) is 45.6 Å². The molecule has 0 bridgehead atoms. The number of phenols is 2. The van der Waals surface area contributed by atoms with Crippen LogP contribution in [0.3, 0.4) is 0 Å². The van der Waals surface area contributed by atoms with Gasteiger partial charge in [0, 0.05) is 10.9 Å². The maximum Gasteiger partial charge on any atom is 0.340 e. The number of carbonyl (C=O) groups excluding carboxylic acids is 1. The second kappa shape index (κ2) is 7.67. The lowest BCUT2D eigenvalue weighted by Crippen LogP contribution is -2.35. The summed E-state index contributed by atoms with van der Waals surface area (Å²) in [6, 6.07) is 7.14. The highest BCUT2D eigenvalue weighted by molar-refractivity contribution is 5.89. The molecule has 0 saturated heterocycles. The normalized spacial score (nSPS) is 11.9. The molecular weight excluding hydrogens is 378 g/mol. The third-order valence-corrected chi connectivity index (χ3v) is 4.79. The molecule has 0 fully saturated rings. The lowest BCUT2D eigenvalue weighted by Gasteiger charge is -2.16. The maximum absolute atomic E-state index is 12.5. The summed E-state index contributed by atoms with van der Waals surface area (Å²) in [5.74, 6) is -1.99. The molecule has 8 nitrogen and oxygen atoms in total. The number of nitrogens with one attached hydrogen (secondary N) is 1. The Balaban J connectivity index is 1.91. The van der Waals surface area contributed by atoms with E-state index in [0.29, 0.717) is 16.5 Å². The zero-order chi connectivity index (χ0) is 21.3. The van der Waals surface area contributed by atoms with E-state index >= 15 is 0 Å². The van der Waals surface area contributed by atoms with Crippen molar-refractivity contribution in [2.24, 2.45) is 0 Å². The number of hydrogen-bond donors (Lipinski definition) is 4. The van der Waals surface area contributed by atoms with Gasteiger partial charge in [-0.05, 0) is 49.2 Å². The second-order valence-corrected chi connectivity index (χ2v) is 6.69. The van der Waals surface area contributed by atoms with E-state index in [0.717, 1.165) is 0 Å². The Morgan fingerprint density at radius 1 is 1.03 bits per heavy atom. The summed E-state index contributed by atoms with van der Waals surface area (Å²) < 4.78 is 5.30. The van der Waals surface area contributed by atoms with E-state index in [1.54, 1.807) is 19.9 Å². The zero-order valence-electron chi connectivity index (χ0n) is 15.7. The van der Waals surface area contributed by atoms with Crippen molar-refractivity contribution in [3.63, 3.8) is 0 Å². The Labute approximate surface area is 165 Å². The molecule has 0 unspecified atom stereocenters. The average Bonchev–Trinajstić information content (AvgIpc) is 2.67. The van der Waals surface area contributed by atoms with Gasteiger partial charge in [0.25, 0.3) is 0 Å². The number of carboxylic acid groups (broad SMARTS) is 1. The number of rotatable bonds is 5. The summed E-state index contributed by atoms with van der Waals surface area (Å²) in [6.07, 6.45) is -0.369. The minimum Gasteiger partial charge on any atom is -0.508 e. The van der Waals surface area contributed by atoms with Crippen molar-refractivity contribution in [3.8, 4) is 11.5 Å². The Hall–Kier alpha value is -3.81. The molecule has 1 heterocycles. The lowest BCUT2D eigenvalue weighted by atomic mass is 10.0. The van der Waals surface area contributed by atoms with Crippen LogP contribution >= 0.6 is 0 Å². The van der Waals surface area contributed by atoms with Crippen LogP contribution in [0.2, 0.25) is 0 Å². The molecule has 0 saturated carbocycles. The standard InChI is InChI=1S/C21H19NO7/c1-10-14-7-8-16(24)11(2)19(14)29-21(28)15(10)9-17(25)22-18(20(26)27)12-3-5-13(23)6-4-12/h3-8,18,23-24H,9H2,1-2H3,(H,22,25)(H,26,27)/t18-/m0/s1. The van der Waals surface area contributed by atoms with Crippen LogP contribution in [-0.2, 0) is 16.0 Å². The summed E-state index contributed by atoms with van der Waals surface area (Å²) in [5.41, 5.74) is 0.828. The molecule has 8 heteroatoms. The SMILES string of the molecule is Cc1c(CC(=O)N[C@H](C(=O)O)c2ccc(O)cc2)c(=O)oc2c(C)c(O)ccc12. The zero-order valence-corrected chi connectivity index (χ0v) is 15.7. The molecular formula is C21H19NO7. The number of carbonyl (C=O) groups is 2. The van der Waals surface area contributed by atoms with Gasteiger partial charge in [-0.1, -0.05) is 12.1 Å². The van der Waals surface area contributed by atoms with Gasteiger partial charge in [0.15, 0.2) is 6.04 Å². The lowest BCUT2D eigenvalue weighted by molar-refractivity contribution is -0.142. The van der Waals surface area contributed by atoms with Gasteiger partial charge in [0.05, 0.1) is 12.0 Å². The van der Waals surface area contributed by atoms with Crippen molar-refractivity contribution in [3.05, 3.63) is 69.1 Å². The van der Waals surface area contributed by atoms with Gasteiger partial charge in [0.2, 0.25) is 5.91 Å². The van der Waals surface area contributed by atoms with Gasteiger partial charge in [-0.15, -0.1) is 0 Å². The van der Waals surface area contributed by atoms with Gasteiger partial charge >= 0.3 is 11.6 Å². The average molecular weight is 397 g/mol. The van der Waals surface area contributed by atoms with E-state index in [1.165, 1.54) is 30.3 Å². The molecule has 0 spiro atoms. The largest absolute Gasteiger partial charge is 0.508 e. The smallest absolute Gasteiger partial charge is 0.340 e. The van der Waals surface area contributed by atoms with E-state index in [-0.39, 0.29) is 34.6 Å². The summed E-state index contributed by atoms with van der Waals surface area (Å²) in [4.78, 5) is 36.5. The van der Waals surface area contributed by atoms with Crippen LogP contribution in [0, 0.1) is 13.8 Å². The molecule has 0 aliphatic rings. The third kappa shape index (κ3) is 3.91. The topological polar surface area (TPSA) is 137 Å². The first-order valence-electron chi connectivity index (χ1n) is 8.75. The summed E-state index contributed by atoms with van der Waals surface area (Å²) in [5, 5.41) is 31.5. The summed E-state index contributed by atoms with van der Waals surface area (Å²) in [6.45, 7) is 3.27. The Morgan fingerprint density at radius 3 is 2.31 bits per heavy atom. The fraction of sp³-hybridized carbons (Fsp3) is 0.190. The van der Waals surface area contributed by atoms with E-state index in [1.807, 2.05) is 0 Å². The van der Waals surface area contributed by atoms with Crippen LogP contribution in [0.5, 0.6) is 11.5 Å². The monoisotopic (exact) mass is 397 g/mol. The molecule has 0 aliphatic heterocycles. The Kier molecular flexibility index (Phi) is 5.27. The number of aryl methyl sites for hydroxylation is 2. The molecule has 29 heavy (non-hydrogen) atoms. The molecule has 0 aliphatic carbocycles. The van der Waals surface area contributed by atoms with E-state index in [2.05, 4.69) is 5.32 Å². The van der Waals surface area contributed by atoms with Gasteiger partial charge < -0.3 is 25.1 Å². The van der Waals surface area contributed by atoms with E-state index in [4.69, 9.17) is 4.42 Å². The summed E-state index contributed by atoms with van der Waals surface area (Å²) >= 11 is 0. The number of hydrogen-bond acceptors (Lipinski definition) is 6. The van der Waals surface area contributed by atoms with Crippen LogP contribution in [0.25, 0.3) is 11.0 Å². The molecule has 0 radical (unpaired) electrons. The fourth-order valence-electron chi connectivity index (χ4n) is 3.11. The number of aromatic hydroxyl groups is 2. The quantitative estimate of drug-likeness (QED) is 0.485. The first kappa shape index (κ1) is 19.9. The number of carboxylic acids is 1. The van der Waals surface area contributed by atoms with Crippen LogP contribution < -0.4 is 10.9 Å². The van der Waals surface area contributed by atoms with E-state index < -0.39 is 23.5 Å². The number of amides is 1. The van der Waals surface area contributed by atoms with Gasteiger partial charge in [-0.2, -0.15) is 0 Å². The van der Waals surface area contributed by atoms with Crippen molar-refractivity contribution >= 4 is 22.8 Å². The minimum atomic E-state index is -1.34. The third-order valence-electron chi connectivity index (χ3n) is 4.79. The van der Waals surface area contributed by atoms with Crippen molar-refractivity contribution < 1.29 is 29.3 Å². The first-order valence-corrected chi connectivity index (χ1v) is 8.75. The summed E-state index contributed by atoms with van der Waals surface area (Å²) in [7, 11) is 0. The highest BCUT2D eigenvalue weighted by Gasteiger charge is 2.24. The fourth-order valence-corrected chi connectivity index (χ4v) is 3.11. The molecule has 4 N–H and O–H groups in total. The van der Waals surface area contributed by atoms with Crippen molar-refractivity contribution in [1.82, 2.24) is 5.32 Å². The second-order valence-electron chi connectivity index (χ2n) is 6.69. The highest BCUT2D eigenvalue weighted by atomic mass is 16.4. The number of phenolic OH excluding ortho intramolecular Hbond substituents is 2. The number of fused-ring (bicyclic) bond motifs is 1. The van der Waals surface area contributed by atoms with Gasteiger partial charge in [0.1, 0.15) is 17.1 Å². The predicted molar refractivity (Wildman–Crippen MR) is 104 cm³/mol. The van der Waals surface area contributed by atoms with Crippen LogP contribution in [0.4, 0.5) is 0 Å². The molecule has 1 aromatic heterocycles. The van der Waals surface area contributed by atoms with Crippen molar-refractivity contribution in [2.45, 2.75) is 26.3 Å². The van der Waals surface area contributed by atoms with Crippen molar-refractivity contribution in [2.75, 3.05) is 0 Å². The maximum atomic E-state index is 12.5. The molecule has 2 aromatic carbocycles. The molecule has 1 amide bonds. The highest BCUT2D eigenvalue weighted by Crippen LogP contribution is 2.28. The first-order chi connectivity index (χ1) is 13.7. The number of benzene rings is 2. The Bertz CT molecular complexity index is 1160. The molecule has 3 aromatic rings. The molecule has 150 valence electrons. The van der Waals surface area contributed by atoms with E-state index in [9.17, 15) is 29.7 Å². The van der Waals surface area contributed by atoms with Gasteiger partial charge in [-0.3, -0.25) is 4.79 Å². The minimum absolute atomic E-state index is 0.0104. The van der Waals surface area contributed by atoms with Crippen LogP contribution in [0.1, 0.15) is 28.3 Å². The molecule has 1 atom stereocenters. The molecule has 3 rings (SSSR count).